The highest BCUT2D eigenvalue weighted by Gasteiger charge is 2.25. The van der Waals surface area contributed by atoms with Gasteiger partial charge in [0.05, 0.1) is 13.1 Å². The van der Waals surface area contributed by atoms with Gasteiger partial charge in [0.1, 0.15) is 10.8 Å². The molecule has 4 aromatic rings. The molecule has 1 aliphatic heterocycles. The summed E-state index contributed by atoms with van der Waals surface area (Å²) in [6, 6.07) is 23.5. The van der Waals surface area contributed by atoms with E-state index in [1.165, 1.54) is 0 Å². The van der Waals surface area contributed by atoms with E-state index in [1.54, 1.807) is 6.20 Å². The second-order valence-corrected chi connectivity index (χ2v) is 8.25. The van der Waals surface area contributed by atoms with E-state index in [1.807, 2.05) is 84.8 Å². The van der Waals surface area contributed by atoms with Crippen LogP contribution in [0.3, 0.4) is 0 Å². The molecule has 0 bridgehead atoms. The number of nitrogens with one attached hydrogen (secondary N) is 1. The summed E-state index contributed by atoms with van der Waals surface area (Å²) in [5.74, 6) is 0.818. The van der Waals surface area contributed by atoms with Crippen molar-refractivity contribution >= 4 is 34.5 Å². The van der Waals surface area contributed by atoms with E-state index < -0.39 is 0 Å². The molecule has 1 amide bonds. The molecule has 0 saturated carbocycles. The smallest absolute Gasteiger partial charge is 0.258 e. The zero-order valence-electron chi connectivity index (χ0n) is 17.7. The Kier molecular flexibility index (Phi) is 5.29. The minimum absolute atomic E-state index is 0.0538. The first kappa shape index (κ1) is 20.2. The van der Waals surface area contributed by atoms with E-state index in [0.29, 0.717) is 23.6 Å². The minimum atomic E-state index is -0.0538. The molecule has 5 rings (SSSR count). The third-order valence-corrected chi connectivity index (χ3v) is 6.07. The number of para-hydroxylation sites is 1. The Morgan fingerprint density at radius 2 is 1.72 bits per heavy atom. The van der Waals surface area contributed by atoms with E-state index >= 15 is 0 Å². The molecule has 3 aromatic carbocycles. The molecule has 0 saturated heterocycles. The summed E-state index contributed by atoms with van der Waals surface area (Å²) < 4.78 is 2.09. The predicted molar refractivity (Wildman–Crippen MR) is 131 cm³/mol. The molecule has 1 aliphatic rings. The molecule has 6 heteroatoms. The lowest BCUT2D eigenvalue weighted by Crippen LogP contribution is -2.30. The minimum Gasteiger partial charge on any atom is -0.346 e. The van der Waals surface area contributed by atoms with Crippen LogP contribution in [0.4, 0.5) is 11.4 Å². The number of thiocarbonyl (C=S) groups is 1. The number of hydrogen-bond acceptors (Lipinski definition) is 3. The zero-order valence-corrected chi connectivity index (χ0v) is 18.5. The van der Waals surface area contributed by atoms with Gasteiger partial charge in [-0.3, -0.25) is 4.79 Å². The summed E-state index contributed by atoms with van der Waals surface area (Å²) in [6.07, 6.45) is 3.74. The maximum absolute atomic E-state index is 13.5. The van der Waals surface area contributed by atoms with E-state index in [4.69, 9.17) is 12.2 Å². The SMILES string of the molecule is Cc1ccccc1C(=S)Nc1ccc(C(=O)N2Cc3nccn3Cc3ccccc32)cc1. The molecule has 0 spiro atoms. The number of fused-ring (bicyclic) bond motifs is 2. The average molecular weight is 439 g/mol. The monoisotopic (exact) mass is 438 g/mol. The van der Waals surface area contributed by atoms with Crippen molar-refractivity contribution in [3.05, 3.63) is 113 Å². The van der Waals surface area contributed by atoms with Gasteiger partial charge in [-0.1, -0.05) is 54.7 Å². The highest BCUT2D eigenvalue weighted by molar-refractivity contribution is 7.81. The van der Waals surface area contributed by atoms with Crippen molar-refractivity contribution < 1.29 is 4.79 Å². The third-order valence-electron chi connectivity index (χ3n) is 5.75. The number of hydrogen-bond donors (Lipinski definition) is 1. The number of imidazole rings is 1. The molecule has 5 nitrogen and oxygen atoms in total. The Labute approximate surface area is 192 Å². The van der Waals surface area contributed by atoms with E-state index in [9.17, 15) is 4.79 Å². The van der Waals surface area contributed by atoms with Gasteiger partial charge in [0, 0.05) is 34.9 Å². The van der Waals surface area contributed by atoms with Gasteiger partial charge < -0.3 is 14.8 Å². The molecule has 0 aliphatic carbocycles. The Bertz CT molecular complexity index is 1310. The van der Waals surface area contributed by atoms with Gasteiger partial charge in [-0.15, -0.1) is 0 Å². The normalized spacial score (nSPS) is 12.5. The number of amides is 1. The molecule has 1 aromatic heterocycles. The van der Waals surface area contributed by atoms with Crippen LogP contribution in [0.25, 0.3) is 0 Å². The van der Waals surface area contributed by atoms with Crippen molar-refractivity contribution in [2.75, 3.05) is 10.2 Å². The molecular weight excluding hydrogens is 416 g/mol. The van der Waals surface area contributed by atoms with Crippen molar-refractivity contribution in [1.29, 1.82) is 0 Å². The number of carbonyl (C=O) groups excluding carboxylic acids is 1. The van der Waals surface area contributed by atoms with Crippen LogP contribution in [-0.4, -0.2) is 20.4 Å². The van der Waals surface area contributed by atoms with Crippen molar-refractivity contribution in [2.45, 2.75) is 20.0 Å². The largest absolute Gasteiger partial charge is 0.346 e. The standard InChI is InChI=1S/C26H22N4OS/c1-18-6-2-4-8-22(18)25(32)28-21-12-10-19(11-13-21)26(31)30-17-24-27-14-15-29(24)16-20-7-3-5-9-23(20)30/h2-15H,16-17H2,1H3,(H,28,32). The van der Waals surface area contributed by atoms with Gasteiger partial charge in [0.2, 0.25) is 0 Å². The molecule has 0 fully saturated rings. The van der Waals surface area contributed by atoms with Crippen molar-refractivity contribution in [3.8, 4) is 0 Å². The average Bonchev–Trinajstić information content (AvgIpc) is 3.18. The summed E-state index contributed by atoms with van der Waals surface area (Å²) in [5, 5.41) is 3.27. The maximum Gasteiger partial charge on any atom is 0.258 e. The van der Waals surface area contributed by atoms with Crippen molar-refractivity contribution in [2.24, 2.45) is 0 Å². The molecule has 0 radical (unpaired) electrons. The predicted octanol–water partition coefficient (Wildman–Crippen LogP) is 5.19. The van der Waals surface area contributed by atoms with E-state index in [2.05, 4.69) is 20.9 Å². The quantitative estimate of drug-likeness (QED) is 0.448. The van der Waals surface area contributed by atoms with Gasteiger partial charge in [0.25, 0.3) is 5.91 Å². The highest BCUT2D eigenvalue weighted by atomic mass is 32.1. The van der Waals surface area contributed by atoms with Crippen LogP contribution >= 0.6 is 12.2 Å². The fourth-order valence-electron chi connectivity index (χ4n) is 4.01. The number of aromatic nitrogens is 2. The fourth-order valence-corrected chi connectivity index (χ4v) is 4.36. The lowest BCUT2D eigenvalue weighted by molar-refractivity contribution is 0.0984. The molecule has 32 heavy (non-hydrogen) atoms. The van der Waals surface area contributed by atoms with Crippen molar-refractivity contribution in [3.63, 3.8) is 0 Å². The summed E-state index contributed by atoms with van der Waals surface area (Å²) in [6.45, 7) is 3.17. The molecule has 0 unspecified atom stereocenters. The van der Waals surface area contributed by atoms with E-state index in [-0.39, 0.29) is 5.91 Å². The van der Waals surface area contributed by atoms with Crippen LogP contribution in [-0.2, 0) is 13.1 Å². The van der Waals surface area contributed by atoms with Gasteiger partial charge in [-0.25, -0.2) is 4.98 Å². The number of aryl methyl sites for hydroxylation is 1. The summed E-state index contributed by atoms with van der Waals surface area (Å²) in [4.78, 5) is 20.4. The van der Waals surface area contributed by atoms with Crippen molar-refractivity contribution in [1.82, 2.24) is 9.55 Å². The molecule has 158 valence electrons. The number of nitrogens with zero attached hydrogens (tertiary/aromatic N) is 3. The third kappa shape index (κ3) is 3.81. The van der Waals surface area contributed by atoms with Gasteiger partial charge >= 0.3 is 0 Å². The first-order chi connectivity index (χ1) is 15.6. The molecular formula is C26H22N4OS. The lowest BCUT2D eigenvalue weighted by atomic mass is 10.1. The summed E-state index contributed by atoms with van der Waals surface area (Å²) in [7, 11) is 0. The fraction of sp³-hybridized carbons (Fsp3) is 0.115. The number of rotatable bonds is 3. The number of carbonyl (C=O) groups is 1. The molecule has 1 N–H and O–H groups in total. The molecule has 2 heterocycles. The van der Waals surface area contributed by atoms with Crippen LogP contribution < -0.4 is 10.2 Å². The van der Waals surface area contributed by atoms with Gasteiger partial charge in [-0.2, -0.15) is 0 Å². The Balaban J connectivity index is 1.39. The van der Waals surface area contributed by atoms with E-state index in [0.717, 1.165) is 33.9 Å². The second kappa shape index (κ2) is 8.40. The highest BCUT2D eigenvalue weighted by Crippen LogP contribution is 2.28. The number of benzene rings is 3. The van der Waals surface area contributed by atoms with Crippen LogP contribution in [0, 0.1) is 6.92 Å². The van der Waals surface area contributed by atoms with Crippen LogP contribution in [0.15, 0.2) is 85.2 Å². The first-order valence-electron chi connectivity index (χ1n) is 10.5. The van der Waals surface area contributed by atoms with Gasteiger partial charge in [0.15, 0.2) is 0 Å². The Hall–Kier alpha value is -3.77. The summed E-state index contributed by atoms with van der Waals surface area (Å²) >= 11 is 5.57. The number of anilines is 2. The first-order valence-corrected chi connectivity index (χ1v) is 10.9. The van der Waals surface area contributed by atoms with Crippen LogP contribution in [0.1, 0.15) is 32.9 Å². The van der Waals surface area contributed by atoms with Crippen LogP contribution in [0.5, 0.6) is 0 Å². The molecule has 0 atom stereocenters. The second-order valence-electron chi connectivity index (χ2n) is 7.84. The van der Waals surface area contributed by atoms with Gasteiger partial charge in [-0.05, 0) is 48.4 Å². The van der Waals surface area contributed by atoms with Crippen LogP contribution in [0.2, 0.25) is 0 Å². The maximum atomic E-state index is 13.5. The Morgan fingerprint density at radius 1 is 0.969 bits per heavy atom. The zero-order chi connectivity index (χ0) is 22.1. The summed E-state index contributed by atoms with van der Waals surface area (Å²) in [5.41, 5.74) is 5.61. The lowest BCUT2D eigenvalue weighted by Gasteiger charge is -2.22. The topological polar surface area (TPSA) is 50.2 Å². The Morgan fingerprint density at radius 3 is 2.53 bits per heavy atom.